The van der Waals surface area contributed by atoms with Crippen LogP contribution in [0.5, 0.6) is 11.5 Å². The fourth-order valence-electron chi connectivity index (χ4n) is 5.48. The highest BCUT2D eigenvalue weighted by Gasteiger charge is 2.40. The Labute approximate surface area is 230 Å². The van der Waals surface area contributed by atoms with E-state index < -0.39 is 5.82 Å². The molecule has 0 bridgehead atoms. The van der Waals surface area contributed by atoms with E-state index in [1.807, 2.05) is 24.3 Å². The van der Waals surface area contributed by atoms with Crippen LogP contribution in [0.1, 0.15) is 50.6 Å². The summed E-state index contributed by atoms with van der Waals surface area (Å²) in [5, 5.41) is 13.5. The van der Waals surface area contributed by atoms with Crippen molar-refractivity contribution in [2.75, 3.05) is 31.4 Å². The molecule has 1 saturated heterocycles. The Balaban J connectivity index is 1.48. The number of hydrogen-bond acceptors (Lipinski definition) is 8. The lowest BCUT2D eigenvalue weighted by Gasteiger charge is -2.34. The number of piperidine rings is 1. The van der Waals surface area contributed by atoms with Crippen molar-refractivity contribution in [2.24, 2.45) is 5.41 Å². The minimum absolute atomic E-state index is 0.00000956. The second-order valence-corrected chi connectivity index (χ2v) is 11.4. The smallest absolute Gasteiger partial charge is 0.263 e. The third-order valence-electron chi connectivity index (χ3n) is 7.78. The molecule has 11 heteroatoms. The number of rotatable bonds is 7. The number of nitriles is 1. The van der Waals surface area contributed by atoms with Crippen LogP contribution in [-0.4, -0.2) is 40.5 Å². The normalized spacial score (nSPS) is 18.7. The topological polar surface area (TPSA) is 95.2 Å². The molecule has 200 valence electrons. The van der Waals surface area contributed by atoms with Gasteiger partial charge in [0.15, 0.2) is 11.6 Å². The lowest BCUT2D eigenvalue weighted by Crippen LogP contribution is -2.35. The number of fused-ring (bicyclic) bond motifs is 1. The Kier molecular flexibility index (Phi) is 7.82. The summed E-state index contributed by atoms with van der Waals surface area (Å²) < 4.78 is 27.4. The molecular formula is C27H30ClFN6O2S. The molecule has 1 aliphatic carbocycles. The van der Waals surface area contributed by atoms with Gasteiger partial charge in [0.25, 0.3) is 5.56 Å². The monoisotopic (exact) mass is 556 g/mol. The Morgan fingerprint density at radius 3 is 2.87 bits per heavy atom. The molecule has 0 radical (unpaired) electrons. The van der Waals surface area contributed by atoms with Gasteiger partial charge in [-0.2, -0.15) is 5.26 Å². The molecule has 1 aromatic heterocycles. The van der Waals surface area contributed by atoms with Crippen LogP contribution in [-0.2, 0) is 0 Å². The zero-order valence-corrected chi connectivity index (χ0v) is 23.0. The van der Waals surface area contributed by atoms with E-state index in [9.17, 15) is 14.4 Å². The molecule has 5 rings (SSSR count). The zero-order valence-electron chi connectivity index (χ0n) is 21.4. The quantitative estimate of drug-likeness (QED) is 0.349. The van der Waals surface area contributed by atoms with Gasteiger partial charge in [0.1, 0.15) is 17.4 Å². The number of aromatic nitrogens is 2. The third-order valence-corrected chi connectivity index (χ3v) is 9.03. The van der Waals surface area contributed by atoms with Gasteiger partial charge in [-0.25, -0.2) is 13.7 Å². The molecule has 1 saturated carbocycles. The minimum atomic E-state index is -0.709. The molecule has 2 N–H and O–H groups in total. The first kappa shape index (κ1) is 26.8. The summed E-state index contributed by atoms with van der Waals surface area (Å²) in [5.41, 5.74) is 0.877. The maximum Gasteiger partial charge on any atom is 0.263 e. The third kappa shape index (κ3) is 5.08. The van der Waals surface area contributed by atoms with Gasteiger partial charge in [0, 0.05) is 24.7 Å². The predicted octanol–water partition coefficient (Wildman–Crippen LogP) is 5.87. The van der Waals surface area contributed by atoms with Crippen LogP contribution in [0.25, 0.3) is 10.9 Å². The highest BCUT2D eigenvalue weighted by molar-refractivity contribution is 7.98. The fourth-order valence-corrected chi connectivity index (χ4v) is 6.32. The van der Waals surface area contributed by atoms with Crippen LogP contribution in [0.2, 0.25) is 5.02 Å². The van der Waals surface area contributed by atoms with Crippen LogP contribution in [0.4, 0.5) is 10.1 Å². The Morgan fingerprint density at radius 2 is 2.13 bits per heavy atom. The summed E-state index contributed by atoms with van der Waals surface area (Å²) in [6.45, 7) is 4.77. The van der Waals surface area contributed by atoms with Gasteiger partial charge in [-0.1, -0.05) is 18.5 Å². The SMILES string of the molecule is CCN(C)SNc1ccc(F)c(Oc2ccc3ncn(C4CCC5(CCNCC5)C4)c(=O)c3c2Cl)c1C#N. The first-order valence-electron chi connectivity index (χ1n) is 12.8. The van der Waals surface area contributed by atoms with Gasteiger partial charge in [-0.15, -0.1) is 0 Å². The van der Waals surface area contributed by atoms with E-state index in [4.69, 9.17) is 16.3 Å². The average molecular weight is 557 g/mol. The molecule has 2 heterocycles. The lowest BCUT2D eigenvalue weighted by molar-refractivity contribution is 0.201. The molecule has 1 unspecified atom stereocenters. The molecule has 2 fully saturated rings. The molecule has 2 aromatic carbocycles. The second kappa shape index (κ2) is 11.1. The molecule has 3 aromatic rings. The van der Waals surface area contributed by atoms with Crippen molar-refractivity contribution in [3.63, 3.8) is 0 Å². The van der Waals surface area contributed by atoms with E-state index in [0.717, 1.165) is 51.7 Å². The van der Waals surface area contributed by atoms with E-state index in [2.05, 4.69) is 15.0 Å². The van der Waals surface area contributed by atoms with E-state index in [-0.39, 0.29) is 44.5 Å². The highest BCUT2D eigenvalue weighted by Crippen LogP contribution is 2.49. The second-order valence-electron chi connectivity index (χ2n) is 10.0. The molecule has 0 amide bonds. The van der Waals surface area contributed by atoms with Gasteiger partial charge in [-0.3, -0.25) is 9.36 Å². The van der Waals surface area contributed by atoms with Crippen LogP contribution >= 0.6 is 23.7 Å². The van der Waals surface area contributed by atoms with Crippen molar-refractivity contribution in [1.29, 1.82) is 5.26 Å². The number of anilines is 1. The number of nitrogens with zero attached hydrogens (tertiary/aromatic N) is 4. The van der Waals surface area contributed by atoms with Crippen LogP contribution < -0.4 is 20.3 Å². The highest BCUT2D eigenvalue weighted by atomic mass is 35.5. The van der Waals surface area contributed by atoms with Crippen molar-refractivity contribution in [2.45, 2.75) is 45.1 Å². The summed E-state index contributed by atoms with van der Waals surface area (Å²) in [4.78, 5) is 18.2. The summed E-state index contributed by atoms with van der Waals surface area (Å²) in [7, 11) is 1.89. The molecule has 1 atom stereocenters. The maximum atomic E-state index is 14.9. The number of nitrogens with one attached hydrogen (secondary N) is 2. The van der Waals surface area contributed by atoms with E-state index in [1.54, 1.807) is 23.0 Å². The van der Waals surface area contributed by atoms with Gasteiger partial charge in [0.05, 0.1) is 27.9 Å². The Bertz CT molecular complexity index is 1450. The Morgan fingerprint density at radius 1 is 1.34 bits per heavy atom. The minimum Gasteiger partial charge on any atom is -0.451 e. The van der Waals surface area contributed by atoms with Crippen LogP contribution in [0.15, 0.2) is 35.4 Å². The predicted molar refractivity (Wildman–Crippen MR) is 149 cm³/mol. The van der Waals surface area contributed by atoms with Crippen molar-refractivity contribution < 1.29 is 9.13 Å². The van der Waals surface area contributed by atoms with E-state index in [1.165, 1.54) is 24.3 Å². The first-order chi connectivity index (χ1) is 18.4. The van der Waals surface area contributed by atoms with Crippen molar-refractivity contribution in [3.05, 3.63) is 57.3 Å². The van der Waals surface area contributed by atoms with Gasteiger partial charge in [0.2, 0.25) is 0 Å². The fraction of sp³-hybridized carbons (Fsp3) is 0.444. The summed E-state index contributed by atoms with van der Waals surface area (Å²) in [5.74, 6) is -0.881. The van der Waals surface area contributed by atoms with E-state index in [0.29, 0.717) is 11.2 Å². The number of halogens is 2. The standard InChI is InChI=1S/C27H30ClFN6O2S/c1-3-34(2)38-33-20-5-4-19(29)25(18(20)15-30)37-22-7-6-21-23(24(22)28)26(36)35(16-32-21)17-8-9-27(14-17)10-12-31-13-11-27/h4-7,16-17,31,33H,3,8-14H2,1-2H3. The zero-order chi connectivity index (χ0) is 26.9. The van der Waals surface area contributed by atoms with Gasteiger partial charge >= 0.3 is 0 Å². The summed E-state index contributed by atoms with van der Waals surface area (Å²) in [6.07, 6.45) is 6.80. The molecule has 38 heavy (non-hydrogen) atoms. The Hall–Kier alpha value is -2.84. The maximum absolute atomic E-state index is 14.9. The van der Waals surface area contributed by atoms with E-state index >= 15 is 0 Å². The summed E-state index contributed by atoms with van der Waals surface area (Å²) >= 11 is 7.99. The number of benzene rings is 2. The first-order valence-corrected chi connectivity index (χ1v) is 14.0. The van der Waals surface area contributed by atoms with Crippen molar-refractivity contribution >= 4 is 40.3 Å². The largest absolute Gasteiger partial charge is 0.451 e. The molecular weight excluding hydrogens is 527 g/mol. The van der Waals surface area contributed by atoms with Gasteiger partial charge in [-0.05, 0) is 81.9 Å². The lowest BCUT2D eigenvalue weighted by atomic mass is 9.77. The summed E-state index contributed by atoms with van der Waals surface area (Å²) in [6, 6.07) is 7.97. The van der Waals surface area contributed by atoms with Crippen molar-refractivity contribution in [1.82, 2.24) is 19.2 Å². The molecule has 1 spiro atoms. The molecule has 1 aliphatic heterocycles. The van der Waals surface area contributed by atoms with Crippen LogP contribution in [0.3, 0.4) is 0 Å². The number of hydrogen-bond donors (Lipinski definition) is 2. The van der Waals surface area contributed by atoms with Crippen LogP contribution in [0, 0.1) is 22.6 Å². The molecule has 2 aliphatic rings. The van der Waals surface area contributed by atoms with Crippen molar-refractivity contribution in [3.8, 4) is 17.6 Å². The average Bonchev–Trinajstić information content (AvgIpc) is 3.32. The van der Waals surface area contributed by atoms with Gasteiger partial charge < -0.3 is 14.8 Å². The number of ether oxygens (including phenoxy) is 1. The molecule has 8 nitrogen and oxygen atoms in total.